The van der Waals surface area contributed by atoms with E-state index in [0.29, 0.717) is 11.3 Å². The third kappa shape index (κ3) is 3.32. The fourth-order valence-corrected chi connectivity index (χ4v) is 4.15. The number of nitrogens with zero attached hydrogens (tertiary/aromatic N) is 1. The van der Waals surface area contributed by atoms with Gasteiger partial charge < -0.3 is 15.3 Å². The van der Waals surface area contributed by atoms with Gasteiger partial charge in [-0.15, -0.1) is 0 Å². The topological polar surface area (TPSA) is 52.6 Å². The summed E-state index contributed by atoms with van der Waals surface area (Å²) < 4.78 is 0. The molecule has 104 valence electrons. The minimum absolute atomic E-state index is 0.0266. The van der Waals surface area contributed by atoms with Crippen molar-refractivity contribution in [1.82, 2.24) is 10.2 Å². The summed E-state index contributed by atoms with van der Waals surface area (Å²) >= 11 is 2.00. The smallest absolute Gasteiger partial charge is 0.317 e. The van der Waals surface area contributed by atoms with Crippen molar-refractivity contribution in [3.63, 3.8) is 0 Å². The van der Waals surface area contributed by atoms with E-state index >= 15 is 0 Å². The lowest BCUT2D eigenvalue weighted by Gasteiger charge is -2.25. The van der Waals surface area contributed by atoms with Crippen LogP contribution in [0.2, 0.25) is 0 Å². The van der Waals surface area contributed by atoms with Crippen molar-refractivity contribution in [3.8, 4) is 0 Å². The van der Waals surface area contributed by atoms with Crippen molar-refractivity contribution in [1.29, 1.82) is 0 Å². The van der Waals surface area contributed by atoms with E-state index in [1.165, 1.54) is 6.42 Å². The molecule has 0 aromatic rings. The minimum Gasteiger partial charge on any atom is -0.394 e. The number of amides is 2. The van der Waals surface area contributed by atoms with Crippen molar-refractivity contribution in [2.75, 3.05) is 18.9 Å². The average Bonchev–Trinajstić information content (AvgIpc) is 2.98. The molecule has 2 unspecified atom stereocenters. The lowest BCUT2D eigenvalue weighted by Crippen LogP contribution is -2.47. The monoisotopic (exact) mass is 272 g/mol. The van der Waals surface area contributed by atoms with Gasteiger partial charge in [-0.05, 0) is 37.9 Å². The first-order valence-electron chi connectivity index (χ1n) is 7.04. The highest BCUT2D eigenvalue weighted by atomic mass is 32.2. The van der Waals surface area contributed by atoms with Crippen LogP contribution in [0.1, 0.15) is 39.0 Å². The Morgan fingerprint density at radius 2 is 2.28 bits per heavy atom. The first kappa shape index (κ1) is 14.0. The number of carbonyl (C=O) groups is 1. The van der Waals surface area contributed by atoms with Crippen LogP contribution in [-0.4, -0.2) is 52.3 Å². The number of aliphatic hydroxyl groups excluding tert-OH is 1. The minimum atomic E-state index is 0.0266. The van der Waals surface area contributed by atoms with Gasteiger partial charge in [-0.3, -0.25) is 0 Å². The second kappa shape index (κ2) is 6.66. The molecule has 1 saturated heterocycles. The first-order chi connectivity index (χ1) is 8.74. The number of carbonyl (C=O) groups excluding carboxylic acids is 1. The van der Waals surface area contributed by atoms with Crippen LogP contribution in [0.15, 0.2) is 0 Å². The highest BCUT2D eigenvalue weighted by molar-refractivity contribution is 7.99. The SMILES string of the molecule is CCSC1CCC(NC(=O)N2CCC[C@@H]2CO)C1. The molecule has 1 aliphatic carbocycles. The Morgan fingerprint density at radius 1 is 1.44 bits per heavy atom. The maximum Gasteiger partial charge on any atom is 0.317 e. The number of nitrogens with one attached hydrogen (secondary N) is 1. The van der Waals surface area contributed by atoms with E-state index in [-0.39, 0.29) is 18.7 Å². The number of thioether (sulfide) groups is 1. The van der Waals surface area contributed by atoms with Crippen molar-refractivity contribution >= 4 is 17.8 Å². The van der Waals surface area contributed by atoms with Crippen molar-refractivity contribution in [2.24, 2.45) is 0 Å². The number of urea groups is 1. The lowest BCUT2D eigenvalue weighted by molar-refractivity contribution is 0.154. The molecular weight excluding hydrogens is 248 g/mol. The molecule has 2 rings (SSSR count). The second-order valence-corrected chi connectivity index (χ2v) is 6.79. The van der Waals surface area contributed by atoms with Crippen LogP contribution in [0.5, 0.6) is 0 Å². The summed E-state index contributed by atoms with van der Waals surface area (Å²) in [7, 11) is 0. The predicted octanol–water partition coefficient (Wildman–Crippen LogP) is 1.83. The Bertz CT molecular complexity index is 288. The van der Waals surface area contributed by atoms with Gasteiger partial charge in [0.25, 0.3) is 0 Å². The van der Waals surface area contributed by atoms with Crippen molar-refractivity contribution in [2.45, 2.75) is 56.4 Å². The van der Waals surface area contributed by atoms with Crippen LogP contribution in [0, 0.1) is 0 Å². The molecular formula is C13H24N2O2S. The van der Waals surface area contributed by atoms with Crippen LogP contribution in [0.3, 0.4) is 0 Å². The second-order valence-electron chi connectivity index (χ2n) is 5.21. The average molecular weight is 272 g/mol. The summed E-state index contributed by atoms with van der Waals surface area (Å²) in [4.78, 5) is 13.9. The number of aliphatic hydroxyl groups is 1. The summed E-state index contributed by atoms with van der Waals surface area (Å²) in [5, 5.41) is 13.1. The quantitative estimate of drug-likeness (QED) is 0.821. The van der Waals surface area contributed by atoms with E-state index in [0.717, 1.165) is 38.0 Å². The third-order valence-electron chi connectivity index (χ3n) is 3.96. The Labute approximate surface area is 113 Å². The zero-order valence-corrected chi connectivity index (χ0v) is 11.9. The highest BCUT2D eigenvalue weighted by Gasteiger charge is 2.31. The molecule has 0 aromatic heterocycles. The van der Waals surface area contributed by atoms with Crippen molar-refractivity contribution in [3.05, 3.63) is 0 Å². The van der Waals surface area contributed by atoms with Gasteiger partial charge in [0, 0.05) is 17.8 Å². The zero-order valence-electron chi connectivity index (χ0n) is 11.1. The van der Waals surface area contributed by atoms with Crippen LogP contribution in [0.25, 0.3) is 0 Å². The first-order valence-corrected chi connectivity index (χ1v) is 8.09. The van der Waals surface area contributed by atoms with Gasteiger partial charge in [0.2, 0.25) is 0 Å². The highest BCUT2D eigenvalue weighted by Crippen LogP contribution is 2.30. The van der Waals surface area contributed by atoms with Crippen molar-refractivity contribution < 1.29 is 9.90 Å². The van der Waals surface area contributed by atoms with Crippen LogP contribution >= 0.6 is 11.8 Å². The van der Waals surface area contributed by atoms with Gasteiger partial charge in [0.1, 0.15) is 0 Å². The van der Waals surface area contributed by atoms with Crippen LogP contribution in [-0.2, 0) is 0 Å². The molecule has 2 aliphatic rings. The third-order valence-corrected chi connectivity index (χ3v) is 5.20. The summed E-state index contributed by atoms with van der Waals surface area (Å²) in [6.07, 6.45) is 5.36. The Hall–Kier alpha value is -0.420. The molecule has 0 aromatic carbocycles. The van der Waals surface area contributed by atoms with E-state index in [4.69, 9.17) is 0 Å². The maximum absolute atomic E-state index is 12.1. The van der Waals surface area contributed by atoms with Crippen LogP contribution < -0.4 is 5.32 Å². The molecule has 0 radical (unpaired) electrons. The largest absolute Gasteiger partial charge is 0.394 e. The molecule has 0 bridgehead atoms. The Morgan fingerprint density at radius 3 is 3.00 bits per heavy atom. The van der Waals surface area contributed by atoms with E-state index in [2.05, 4.69) is 12.2 Å². The maximum atomic E-state index is 12.1. The molecule has 4 nitrogen and oxygen atoms in total. The fraction of sp³-hybridized carbons (Fsp3) is 0.923. The van der Waals surface area contributed by atoms with Gasteiger partial charge in [-0.25, -0.2) is 4.79 Å². The molecule has 5 heteroatoms. The summed E-state index contributed by atoms with van der Waals surface area (Å²) in [5.74, 6) is 1.16. The standard InChI is InChI=1S/C13H24N2O2S/c1-2-18-12-6-5-10(8-12)14-13(17)15-7-3-4-11(15)9-16/h10-12,16H,2-9H2,1H3,(H,14,17)/t10?,11-,12?/m1/s1. The number of hydrogen-bond donors (Lipinski definition) is 2. The molecule has 3 atom stereocenters. The fourth-order valence-electron chi connectivity index (χ4n) is 3.01. The molecule has 2 N–H and O–H groups in total. The number of likely N-dealkylation sites (tertiary alicyclic amines) is 1. The number of rotatable bonds is 4. The molecule has 2 amide bonds. The summed E-state index contributed by atoms with van der Waals surface area (Å²) in [6, 6.07) is 0.396. The number of hydrogen-bond acceptors (Lipinski definition) is 3. The van der Waals surface area contributed by atoms with Gasteiger partial charge >= 0.3 is 6.03 Å². The summed E-state index contributed by atoms with van der Waals surface area (Å²) in [6.45, 7) is 3.07. The molecule has 1 saturated carbocycles. The Balaban J connectivity index is 1.78. The molecule has 1 heterocycles. The molecule has 1 aliphatic heterocycles. The molecule has 0 spiro atoms. The van der Waals surface area contributed by atoms with E-state index in [9.17, 15) is 9.90 Å². The van der Waals surface area contributed by atoms with Gasteiger partial charge in [0.05, 0.1) is 12.6 Å². The summed E-state index contributed by atoms with van der Waals surface area (Å²) in [5.41, 5.74) is 0. The predicted molar refractivity (Wildman–Crippen MR) is 74.9 cm³/mol. The van der Waals surface area contributed by atoms with E-state index in [1.807, 2.05) is 11.8 Å². The zero-order chi connectivity index (χ0) is 13.0. The lowest BCUT2D eigenvalue weighted by atomic mass is 10.2. The van der Waals surface area contributed by atoms with Crippen LogP contribution in [0.4, 0.5) is 4.79 Å². The van der Waals surface area contributed by atoms with Gasteiger partial charge in [-0.2, -0.15) is 11.8 Å². The van der Waals surface area contributed by atoms with E-state index < -0.39 is 0 Å². The molecule has 18 heavy (non-hydrogen) atoms. The Kier molecular flexibility index (Phi) is 5.18. The van der Waals surface area contributed by atoms with Gasteiger partial charge in [-0.1, -0.05) is 6.92 Å². The molecule has 2 fully saturated rings. The normalized spacial score (nSPS) is 31.9. The van der Waals surface area contributed by atoms with E-state index in [1.54, 1.807) is 4.90 Å². The van der Waals surface area contributed by atoms with Gasteiger partial charge in [0.15, 0.2) is 0 Å².